The standard InChI is InChI=1S/C10H12Cl2N2.C4H6O3/c1-14-4-2-3-9(14)7-6-13-10(12)5-8(7)11;1-3(5)2-4(6)7/h5-6,9H,2-4H2,1H3;2H2,1H3,(H,6,7). The lowest BCUT2D eigenvalue weighted by molar-refractivity contribution is -0.139. The van der Waals surface area contributed by atoms with Crippen molar-refractivity contribution < 1.29 is 14.7 Å². The van der Waals surface area contributed by atoms with Gasteiger partial charge in [-0.05, 0) is 39.4 Å². The van der Waals surface area contributed by atoms with Crippen LogP contribution in [0, 0.1) is 0 Å². The average Bonchev–Trinajstić information content (AvgIpc) is 2.74. The number of carboxylic acid groups (broad SMARTS) is 1. The molecule has 2 rings (SSSR count). The van der Waals surface area contributed by atoms with E-state index >= 15 is 0 Å². The molecule has 1 aliphatic heterocycles. The van der Waals surface area contributed by atoms with E-state index in [0.29, 0.717) is 11.2 Å². The topological polar surface area (TPSA) is 70.5 Å². The third-order valence-corrected chi connectivity index (χ3v) is 3.66. The number of carbonyl (C=O) groups is 2. The Kier molecular flexibility index (Phi) is 7.08. The number of carbonyl (C=O) groups excluding carboxylic acids is 1. The van der Waals surface area contributed by atoms with Crippen molar-refractivity contribution in [2.24, 2.45) is 0 Å². The van der Waals surface area contributed by atoms with Crippen LogP contribution in [-0.2, 0) is 9.59 Å². The van der Waals surface area contributed by atoms with Crippen molar-refractivity contribution in [1.29, 1.82) is 0 Å². The van der Waals surface area contributed by atoms with Gasteiger partial charge >= 0.3 is 5.97 Å². The van der Waals surface area contributed by atoms with Gasteiger partial charge in [0.05, 0.1) is 0 Å². The molecule has 1 saturated heterocycles. The van der Waals surface area contributed by atoms with Crippen molar-refractivity contribution in [2.75, 3.05) is 13.6 Å². The van der Waals surface area contributed by atoms with Crippen molar-refractivity contribution in [3.8, 4) is 0 Å². The number of pyridine rings is 1. The first-order valence-electron chi connectivity index (χ1n) is 6.53. The molecule has 1 aromatic rings. The number of rotatable bonds is 3. The minimum Gasteiger partial charge on any atom is -0.481 e. The molecule has 1 aromatic heterocycles. The molecule has 0 spiro atoms. The number of aliphatic carboxylic acids is 1. The Morgan fingerprint density at radius 1 is 1.48 bits per heavy atom. The summed E-state index contributed by atoms with van der Waals surface area (Å²) in [6.45, 7) is 2.37. The van der Waals surface area contributed by atoms with Crippen LogP contribution in [-0.4, -0.2) is 40.3 Å². The molecule has 1 atom stereocenters. The number of Topliss-reactive ketones (excluding diaryl/α,β-unsaturated/α-hetero) is 1. The zero-order valence-electron chi connectivity index (χ0n) is 12.0. The molecule has 1 fully saturated rings. The Morgan fingerprint density at radius 2 is 2.14 bits per heavy atom. The van der Waals surface area contributed by atoms with Gasteiger partial charge in [0.1, 0.15) is 17.4 Å². The second kappa shape index (κ2) is 8.32. The van der Waals surface area contributed by atoms with E-state index in [-0.39, 0.29) is 12.2 Å². The molecule has 7 heteroatoms. The lowest BCUT2D eigenvalue weighted by Crippen LogP contribution is -2.17. The van der Waals surface area contributed by atoms with Gasteiger partial charge in [-0.1, -0.05) is 23.2 Å². The fraction of sp³-hybridized carbons (Fsp3) is 0.500. The Bertz CT molecular complexity index is 511. The van der Waals surface area contributed by atoms with Gasteiger partial charge in [0.15, 0.2) is 0 Å². The molecule has 2 heterocycles. The highest BCUT2D eigenvalue weighted by molar-refractivity contribution is 6.34. The largest absolute Gasteiger partial charge is 0.481 e. The van der Waals surface area contributed by atoms with Gasteiger partial charge in [0.25, 0.3) is 0 Å². The number of carboxylic acids is 1. The van der Waals surface area contributed by atoms with E-state index in [9.17, 15) is 9.59 Å². The molecule has 0 aromatic carbocycles. The number of likely N-dealkylation sites (tertiary alicyclic amines) is 1. The first-order chi connectivity index (χ1) is 9.81. The van der Waals surface area contributed by atoms with Crippen LogP contribution in [0.5, 0.6) is 0 Å². The summed E-state index contributed by atoms with van der Waals surface area (Å²) in [6.07, 6.45) is 3.80. The second-order valence-corrected chi connectivity index (χ2v) is 5.73. The summed E-state index contributed by atoms with van der Waals surface area (Å²) in [5.41, 5.74) is 1.09. The molecule has 1 unspecified atom stereocenters. The van der Waals surface area contributed by atoms with E-state index in [1.54, 1.807) is 12.3 Å². The molecular formula is C14H18Cl2N2O3. The number of aromatic nitrogens is 1. The third kappa shape index (κ3) is 5.99. The van der Waals surface area contributed by atoms with Crippen LogP contribution < -0.4 is 0 Å². The van der Waals surface area contributed by atoms with Gasteiger partial charge < -0.3 is 5.11 Å². The van der Waals surface area contributed by atoms with Crippen molar-refractivity contribution in [3.63, 3.8) is 0 Å². The molecule has 0 saturated carbocycles. The first-order valence-corrected chi connectivity index (χ1v) is 7.29. The van der Waals surface area contributed by atoms with Crippen molar-refractivity contribution >= 4 is 35.0 Å². The number of hydrogen-bond donors (Lipinski definition) is 1. The molecular weight excluding hydrogens is 315 g/mol. The fourth-order valence-corrected chi connectivity index (χ4v) is 2.67. The van der Waals surface area contributed by atoms with Crippen molar-refractivity contribution in [1.82, 2.24) is 9.88 Å². The molecule has 0 aliphatic carbocycles. The van der Waals surface area contributed by atoms with Gasteiger partial charge in [-0.3, -0.25) is 14.5 Å². The Hall–Kier alpha value is -1.17. The van der Waals surface area contributed by atoms with E-state index < -0.39 is 5.97 Å². The highest BCUT2D eigenvalue weighted by Gasteiger charge is 2.24. The van der Waals surface area contributed by atoms with Crippen LogP contribution in [0.25, 0.3) is 0 Å². The summed E-state index contributed by atoms with van der Waals surface area (Å²) in [5.74, 6) is -1.37. The van der Waals surface area contributed by atoms with Gasteiger partial charge in [-0.25, -0.2) is 4.98 Å². The zero-order chi connectivity index (χ0) is 16.0. The van der Waals surface area contributed by atoms with E-state index in [2.05, 4.69) is 16.9 Å². The summed E-state index contributed by atoms with van der Waals surface area (Å²) in [7, 11) is 2.11. The number of nitrogens with zero attached hydrogens (tertiary/aromatic N) is 2. The van der Waals surface area contributed by atoms with Crippen LogP contribution in [0.15, 0.2) is 12.3 Å². The molecule has 5 nitrogen and oxygen atoms in total. The van der Waals surface area contributed by atoms with Crippen LogP contribution in [0.3, 0.4) is 0 Å². The third-order valence-electron chi connectivity index (χ3n) is 3.13. The Labute approximate surface area is 133 Å². The maximum absolute atomic E-state index is 9.87. The second-order valence-electron chi connectivity index (χ2n) is 4.94. The lowest BCUT2D eigenvalue weighted by Gasteiger charge is -2.20. The summed E-state index contributed by atoms with van der Waals surface area (Å²) in [4.78, 5) is 25.8. The summed E-state index contributed by atoms with van der Waals surface area (Å²) < 4.78 is 0. The summed E-state index contributed by atoms with van der Waals surface area (Å²) in [6, 6.07) is 2.12. The molecule has 0 bridgehead atoms. The number of halogens is 2. The molecule has 21 heavy (non-hydrogen) atoms. The summed E-state index contributed by atoms with van der Waals surface area (Å²) in [5, 5.41) is 9.05. The van der Waals surface area contributed by atoms with Gasteiger partial charge in [0.2, 0.25) is 0 Å². The minimum absolute atomic E-state index is 0.312. The number of hydrogen-bond acceptors (Lipinski definition) is 4. The lowest BCUT2D eigenvalue weighted by atomic mass is 10.1. The predicted octanol–water partition coefficient (Wildman–Crippen LogP) is 3.21. The quantitative estimate of drug-likeness (QED) is 0.679. The van der Waals surface area contributed by atoms with Gasteiger partial charge in [-0.2, -0.15) is 0 Å². The Morgan fingerprint density at radius 3 is 2.52 bits per heavy atom. The normalized spacial score (nSPS) is 18.0. The average molecular weight is 333 g/mol. The number of ketones is 1. The minimum atomic E-state index is -1.06. The first kappa shape index (κ1) is 17.9. The maximum atomic E-state index is 9.87. The zero-order valence-corrected chi connectivity index (χ0v) is 13.5. The summed E-state index contributed by atoms with van der Waals surface area (Å²) >= 11 is 11.9. The predicted molar refractivity (Wildman–Crippen MR) is 81.8 cm³/mol. The van der Waals surface area contributed by atoms with E-state index in [0.717, 1.165) is 23.6 Å². The Balaban J connectivity index is 0.000000270. The molecule has 1 aliphatic rings. The molecule has 116 valence electrons. The maximum Gasteiger partial charge on any atom is 0.310 e. The van der Waals surface area contributed by atoms with E-state index in [1.165, 1.54) is 13.3 Å². The monoisotopic (exact) mass is 332 g/mol. The van der Waals surface area contributed by atoms with E-state index in [1.807, 2.05) is 0 Å². The highest BCUT2D eigenvalue weighted by Crippen LogP contribution is 2.34. The fourth-order valence-electron chi connectivity index (χ4n) is 2.18. The highest BCUT2D eigenvalue weighted by atomic mass is 35.5. The van der Waals surface area contributed by atoms with Gasteiger partial charge in [-0.15, -0.1) is 0 Å². The molecule has 0 amide bonds. The van der Waals surface area contributed by atoms with Crippen LogP contribution >= 0.6 is 23.2 Å². The smallest absolute Gasteiger partial charge is 0.310 e. The van der Waals surface area contributed by atoms with Crippen molar-refractivity contribution in [3.05, 3.63) is 28.0 Å². The van der Waals surface area contributed by atoms with Crippen LogP contribution in [0.1, 0.15) is 37.8 Å². The molecule has 0 radical (unpaired) electrons. The SMILES string of the molecule is CC(=O)CC(=O)O.CN1CCCC1c1cnc(Cl)cc1Cl. The van der Waals surface area contributed by atoms with Crippen molar-refractivity contribution in [2.45, 2.75) is 32.2 Å². The van der Waals surface area contributed by atoms with E-state index in [4.69, 9.17) is 28.3 Å². The van der Waals surface area contributed by atoms with Gasteiger partial charge in [0, 0.05) is 22.8 Å². The van der Waals surface area contributed by atoms with Crippen LogP contribution in [0.4, 0.5) is 0 Å². The van der Waals surface area contributed by atoms with Crippen LogP contribution in [0.2, 0.25) is 10.2 Å². The molecule has 1 N–H and O–H groups in total.